The minimum absolute atomic E-state index is 0.530. The molecule has 150 valence electrons. The fourth-order valence-electron chi connectivity index (χ4n) is 4.55. The summed E-state index contributed by atoms with van der Waals surface area (Å²) in [5.74, 6) is 1.95. The molecule has 1 aromatic heterocycles. The van der Waals surface area contributed by atoms with Gasteiger partial charge in [-0.3, -0.25) is 0 Å². The molecule has 4 rings (SSSR count). The fourth-order valence-corrected chi connectivity index (χ4v) is 4.55. The summed E-state index contributed by atoms with van der Waals surface area (Å²) in [6.07, 6.45) is 6.45. The first kappa shape index (κ1) is 19.7. The Morgan fingerprint density at radius 3 is 2.52 bits per heavy atom. The van der Waals surface area contributed by atoms with E-state index in [1.54, 1.807) is 0 Å². The van der Waals surface area contributed by atoms with Crippen LogP contribution in [0.5, 0.6) is 0 Å². The van der Waals surface area contributed by atoms with Gasteiger partial charge in [0.05, 0.1) is 23.5 Å². The van der Waals surface area contributed by atoms with Crippen molar-refractivity contribution in [2.75, 3.05) is 19.6 Å². The standard InChI is InChI=1S/C25H30N4/c26-15-7-17-29-24-11-5-4-10-23(24)27-25(29)12-6-16-28-18-13-22(14-19-28)20-21-8-2-1-3-9-21/h1-5,8-11,22H,6-7,12-14,16-20H2. The number of nitrogens with zero attached hydrogens (tertiary/aromatic N) is 4. The first-order chi connectivity index (χ1) is 14.3. The lowest BCUT2D eigenvalue weighted by atomic mass is 9.90. The molecule has 0 bridgehead atoms. The molecule has 1 aliphatic heterocycles. The Hall–Kier alpha value is -2.64. The van der Waals surface area contributed by atoms with Crippen LogP contribution in [0.2, 0.25) is 0 Å². The van der Waals surface area contributed by atoms with E-state index in [1.807, 2.05) is 6.07 Å². The van der Waals surface area contributed by atoms with Gasteiger partial charge in [-0.25, -0.2) is 4.98 Å². The van der Waals surface area contributed by atoms with Crippen molar-refractivity contribution in [3.63, 3.8) is 0 Å². The second kappa shape index (κ2) is 9.71. The normalized spacial score (nSPS) is 15.6. The van der Waals surface area contributed by atoms with Gasteiger partial charge in [-0.05, 0) is 68.9 Å². The van der Waals surface area contributed by atoms with E-state index in [-0.39, 0.29) is 0 Å². The van der Waals surface area contributed by atoms with Crippen molar-refractivity contribution < 1.29 is 0 Å². The number of hydrogen-bond donors (Lipinski definition) is 0. The molecule has 0 spiro atoms. The Morgan fingerprint density at radius 2 is 1.72 bits per heavy atom. The van der Waals surface area contributed by atoms with Crippen molar-refractivity contribution >= 4 is 11.0 Å². The molecule has 0 radical (unpaired) electrons. The number of hydrogen-bond acceptors (Lipinski definition) is 3. The van der Waals surface area contributed by atoms with Crippen molar-refractivity contribution in [3.05, 3.63) is 66.0 Å². The van der Waals surface area contributed by atoms with Crippen LogP contribution in [0, 0.1) is 17.2 Å². The van der Waals surface area contributed by atoms with E-state index in [2.05, 4.69) is 64.1 Å². The van der Waals surface area contributed by atoms with Gasteiger partial charge in [0.25, 0.3) is 0 Å². The third-order valence-electron chi connectivity index (χ3n) is 6.13. The summed E-state index contributed by atoms with van der Waals surface area (Å²) < 4.78 is 2.24. The van der Waals surface area contributed by atoms with E-state index >= 15 is 0 Å². The summed E-state index contributed by atoms with van der Waals surface area (Å²) >= 11 is 0. The van der Waals surface area contributed by atoms with Gasteiger partial charge >= 0.3 is 0 Å². The zero-order valence-corrected chi connectivity index (χ0v) is 17.1. The maximum Gasteiger partial charge on any atom is 0.109 e. The maximum atomic E-state index is 9.00. The van der Waals surface area contributed by atoms with Gasteiger partial charge in [-0.15, -0.1) is 0 Å². The molecule has 1 aliphatic rings. The van der Waals surface area contributed by atoms with Gasteiger partial charge in [-0.1, -0.05) is 42.5 Å². The number of aryl methyl sites for hydroxylation is 2. The lowest BCUT2D eigenvalue weighted by Crippen LogP contribution is -2.35. The fraction of sp³-hybridized carbons (Fsp3) is 0.440. The number of nitriles is 1. The number of piperidine rings is 1. The highest BCUT2D eigenvalue weighted by molar-refractivity contribution is 5.75. The van der Waals surface area contributed by atoms with Crippen LogP contribution in [0.15, 0.2) is 54.6 Å². The number of fused-ring (bicyclic) bond motifs is 1. The summed E-state index contributed by atoms with van der Waals surface area (Å²) in [4.78, 5) is 7.46. The van der Waals surface area contributed by atoms with Crippen LogP contribution in [0.4, 0.5) is 0 Å². The van der Waals surface area contributed by atoms with Gasteiger partial charge in [0.2, 0.25) is 0 Å². The Balaban J connectivity index is 1.27. The molecule has 0 aliphatic carbocycles. The molecule has 2 aromatic carbocycles. The zero-order chi connectivity index (χ0) is 19.9. The van der Waals surface area contributed by atoms with E-state index in [9.17, 15) is 0 Å². The van der Waals surface area contributed by atoms with Gasteiger partial charge in [-0.2, -0.15) is 5.26 Å². The lowest BCUT2D eigenvalue weighted by molar-refractivity contribution is 0.182. The van der Waals surface area contributed by atoms with E-state index in [1.165, 1.54) is 37.9 Å². The molecule has 0 saturated carbocycles. The Labute approximate surface area is 173 Å². The van der Waals surface area contributed by atoms with Crippen molar-refractivity contribution in [1.82, 2.24) is 14.5 Å². The second-order valence-corrected chi connectivity index (χ2v) is 8.15. The third-order valence-corrected chi connectivity index (χ3v) is 6.13. The highest BCUT2D eigenvalue weighted by Crippen LogP contribution is 2.22. The molecule has 4 nitrogen and oxygen atoms in total. The molecule has 0 amide bonds. The molecule has 29 heavy (non-hydrogen) atoms. The summed E-state index contributed by atoms with van der Waals surface area (Å²) in [5, 5.41) is 9.00. The highest BCUT2D eigenvalue weighted by atomic mass is 15.1. The predicted molar refractivity (Wildman–Crippen MR) is 118 cm³/mol. The molecule has 2 heterocycles. The first-order valence-electron chi connectivity index (χ1n) is 10.9. The van der Waals surface area contributed by atoms with Crippen LogP contribution in [0.25, 0.3) is 11.0 Å². The van der Waals surface area contributed by atoms with Crippen LogP contribution in [0.1, 0.15) is 37.1 Å². The summed E-state index contributed by atoms with van der Waals surface area (Å²) in [7, 11) is 0. The van der Waals surface area contributed by atoms with Crippen LogP contribution < -0.4 is 0 Å². The van der Waals surface area contributed by atoms with Gasteiger partial charge in [0.1, 0.15) is 5.82 Å². The number of benzene rings is 2. The predicted octanol–water partition coefficient (Wildman–Crippen LogP) is 4.84. The first-order valence-corrected chi connectivity index (χ1v) is 10.9. The van der Waals surface area contributed by atoms with E-state index in [0.29, 0.717) is 6.42 Å². The van der Waals surface area contributed by atoms with Crippen LogP contribution >= 0.6 is 0 Å². The average molecular weight is 387 g/mol. The monoisotopic (exact) mass is 386 g/mol. The molecule has 1 saturated heterocycles. The quantitative estimate of drug-likeness (QED) is 0.557. The Morgan fingerprint density at radius 1 is 0.966 bits per heavy atom. The molecule has 0 N–H and O–H groups in total. The largest absolute Gasteiger partial charge is 0.327 e. The maximum absolute atomic E-state index is 9.00. The van der Waals surface area contributed by atoms with Crippen LogP contribution in [-0.2, 0) is 19.4 Å². The third kappa shape index (κ3) is 5.05. The minimum Gasteiger partial charge on any atom is -0.327 e. The topological polar surface area (TPSA) is 44.9 Å². The Kier molecular flexibility index (Phi) is 6.59. The molecule has 3 aromatic rings. The number of para-hydroxylation sites is 2. The Bertz CT molecular complexity index is 946. The van der Waals surface area contributed by atoms with Crippen molar-refractivity contribution in [2.45, 2.75) is 45.1 Å². The number of imidazole rings is 1. The molecular formula is C25H30N4. The van der Waals surface area contributed by atoms with Crippen molar-refractivity contribution in [2.24, 2.45) is 5.92 Å². The zero-order valence-electron chi connectivity index (χ0n) is 17.1. The SMILES string of the molecule is N#CCCn1c(CCCN2CCC(Cc3ccccc3)CC2)nc2ccccc21. The second-order valence-electron chi connectivity index (χ2n) is 8.15. The van der Waals surface area contributed by atoms with Gasteiger partial charge < -0.3 is 9.47 Å². The van der Waals surface area contributed by atoms with Crippen LogP contribution in [0.3, 0.4) is 0 Å². The minimum atomic E-state index is 0.530. The van der Waals surface area contributed by atoms with Gasteiger partial charge in [0, 0.05) is 13.0 Å². The van der Waals surface area contributed by atoms with Crippen molar-refractivity contribution in [3.8, 4) is 6.07 Å². The molecule has 4 heteroatoms. The number of rotatable bonds is 8. The van der Waals surface area contributed by atoms with E-state index in [4.69, 9.17) is 10.2 Å². The lowest BCUT2D eigenvalue weighted by Gasteiger charge is -2.32. The smallest absolute Gasteiger partial charge is 0.109 e. The average Bonchev–Trinajstić information content (AvgIpc) is 3.11. The summed E-state index contributed by atoms with van der Waals surface area (Å²) in [5.41, 5.74) is 3.67. The van der Waals surface area contributed by atoms with Crippen LogP contribution in [-0.4, -0.2) is 34.1 Å². The van der Waals surface area contributed by atoms with E-state index in [0.717, 1.165) is 48.7 Å². The molecule has 0 atom stereocenters. The highest BCUT2D eigenvalue weighted by Gasteiger charge is 2.19. The number of likely N-dealkylation sites (tertiary alicyclic amines) is 1. The van der Waals surface area contributed by atoms with Crippen molar-refractivity contribution in [1.29, 1.82) is 5.26 Å². The molecule has 0 unspecified atom stereocenters. The van der Waals surface area contributed by atoms with E-state index < -0.39 is 0 Å². The molecular weight excluding hydrogens is 356 g/mol. The summed E-state index contributed by atoms with van der Waals surface area (Å²) in [6, 6.07) is 21.4. The summed E-state index contributed by atoms with van der Waals surface area (Å²) in [6.45, 7) is 4.29. The number of aromatic nitrogens is 2. The molecule has 1 fully saturated rings. The van der Waals surface area contributed by atoms with Gasteiger partial charge in [0.15, 0.2) is 0 Å².